The van der Waals surface area contributed by atoms with Crippen molar-refractivity contribution in [3.05, 3.63) is 0 Å². The van der Waals surface area contributed by atoms with Gasteiger partial charge in [0.2, 0.25) is 0 Å². The van der Waals surface area contributed by atoms with Gasteiger partial charge in [-0.2, -0.15) is 13.2 Å². The zero-order valence-electron chi connectivity index (χ0n) is 16.1. The summed E-state index contributed by atoms with van der Waals surface area (Å²) >= 11 is 0. The van der Waals surface area contributed by atoms with Crippen LogP contribution in [0.5, 0.6) is 0 Å². The quantitative estimate of drug-likeness (QED) is 0.248. The summed E-state index contributed by atoms with van der Waals surface area (Å²) in [6, 6.07) is -1.40. The van der Waals surface area contributed by atoms with E-state index < -0.39 is 12.2 Å². The lowest BCUT2D eigenvalue weighted by Crippen LogP contribution is -2.56. The molecule has 0 radical (unpaired) electrons. The molecule has 0 saturated carbocycles. The van der Waals surface area contributed by atoms with Crippen LogP contribution < -0.4 is 5.32 Å². The summed E-state index contributed by atoms with van der Waals surface area (Å²) in [5, 5.41) is 3.27. The maximum absolute atomic E-state index is 12.8. The van der Waals surface area contributed by atoms with Gasteiger partial charge in [0.05, 0.1) is 13.2 Å². The number of nitrogens with zero attached hydrogens (tertiary/aromatic N) is 3. The smallest absolute Gasteiger partial charge is 0.381 e. The maximum Gasteiger partial charge on any atom is 0.403 e. The van der Waals surface area contributed by atoms with Crippen molar-refractivity contribution < 1.29 is 22.6 Å². The molecule has 160 valence electrons. The summed E-state index contributed by atoms with van der Waals surface area (Å²) in [5.74, 6) is 1.26. The van der Waals surface area contributed by atoms with Gasteiger partial charge in [0.15, 0.2) is 5.96 Å². The van der Waals surface area contributed by atoms with Crippen molar-refractivity contribution in [2.24, 2.45) is 10.9 Å². The number of piperazine rings is 1. The van der Waals surface area contributed by atoms with Crippen LogP contribution in [0.4, 0.5) is 13.2 Å². The molecule has 0 bridgehead atoms. The average Bonchev–Trinajstić information content (AvgIpc) is 3.13. The fourth-order valence-corrected chi connectivity index (χ4v) is 3.20. The summed E-state index contributed by atoms with van der Waals surface area (Å²) < 4.78 is 49.4. The van der Waals surface area contributed by atoms with Gasteiger partial charge in [0, 0.05) is 58.9 Å². The number of halogens is 4. The predicted molar refractivity (Wildman–Crippen MR) is 110 cm³/mol. The minimum atomic E-state index is -4.17. The van der Waals surface area contributed by atoms with E-state index in [0.717, 1.165) is 45.2 Å². The van der Waals surface area contributed by atoms with Gasteiger partial charge in [-0.05, 0) is 19.8 Å². The van der Waals surface area contributed by atoms with Crippen molar-refractivity contribution >= 4 is 29.9 Å². The van der Waals surface area contributed by atoms with E-state index in [2.05, 4.69) is 10.3 Å². The third kappa shape index (κ3) is 8.28. The molecule has 2 aliphatic rings. The molecule has 10 heteroatoms. The molecule has 2 fully saturated rings. The first-order chi connectivity index (χ1) is 12.4. The number of alkyl halides is 3. The normalized spacial score (nSPS) is 23.2. The molecule has 2 heterocycles. The van der Waals surface area contributed by atoms with Gasteiger partial charge in [-0.1, -0.05) is 0 Å². The molecule has 27 heavy (non-hydrogen) atoms. The molecule has 6 nitrogen and oxygen atoms in total. The van der Waals surface area contributed by atoms with Crippen molar-refractivity contribution in [2.45, 2.75) is 32.0 Å². The van der Waals surface area contributed by atoms with E-state index in [4.69, 9.17) is 9.47 Å². The second-order valence-corrected chi connectivity index (χ2v) is 6.87. The topological polar surface area (TPSA) is 49.3 Å². The van der Waals surface area contributed by atoms with E-state index in [9.17, 15) is 13.2 Å². The van der Waals surface area contributed by atoms with Crippen molar-refractivity contribution in [1.29, 1.82) is 0 Å². The van der Waals surface area contributed by atoms with E-state index in [1.54, 1.807) is 7.05 Å². The highest BCUT2D eigenvalue weighted by molar-refractivity contribution is 14.0. The third-order valence-electron chi connectivity index (χ3n) is 4.97. The standard InChI is InChI=1S/C17H31F3N4O2.HI/c1-14(17(18,19)20)23-6-8-24(9-7-23)16(21-2)22-5-3-10-25-12-15-4-11-26-13-15;/h14-15H,3-13H2,1-2H3,(H,21,22);1H. The molecule has 0 aromatic heterocycles. The molecular weight excluding hydrogens is 476 g/mol. The van der Waals surface area contributed by atoms with Crippen LogP contribution >= 0.6 is 24.0 Å². The zero-order valence-corrected chi connectivity index (χ0v) is 18.5. The second-order valence-electron chi connectivity index (χ2n) is 6.87. The van der Waals surface area contributed by atoms with Gasteiger partial charge >= 0.3 is 6.18 Å². The first-order valence-corrected chi connectivity index (χ1v) is 9.33. The molecule has 2 aliphatic heterocycles. The Morgan fingerprint density at radius 3 is 2.56 bits per heavy atom. The zero-order chi connectivity index (χ0) is 19.0. The summed E-state index contributed by atoms with van der Waals surface area (Å²) in [7, 11) is 1.70. The van der Waals surface area contributed by atoms with E-state index in [0.29, 0.717) is 38.7 Å². The molecule has 0 spiro atoms. The van der Waals surface area contributed by atoms with Crippen LogP contribution in [0.2, 0.25) is 0 Å². The summed E-state index contributed by atoms with van der Waals surface area (Å²) in [5.41, 5.74) is 0. The number of guanidine groups is 1. The fraction of sp³-hybridized carbons (Fsp3) is 0.941. The molecule has 2 unspecified atom stereocenters. The van der Waals surface area contributed by atoms with E-state index in [-0.39, 0.29) is 24.0 Å². The van der Waals surface area contributed by atoms with Crippen molar-refractivity contribution in [2.75, 3.05) is 66.2 Å². The number of aliphatic imine (C=N–C) groups is 1. The van der Waals surface area contributed by atoms with E-state index in [1.807, 2.05) is 4.90 Å². The highest BCUT2D eigenvalue weighted by Crippen LogP contribution is 2.25. The van der Waals surface area contributed by atoms with Crippen LogP contribution in [0.3, 0.4) is 0 Å². The highest BCUT2D eigenvalue weighted by atomic mass is 127. The van der Waals surface area contributed by atoms with Gasteiger partial charge in [0.25, 0.3) is 0 Å². The van der Waals surface area contributed by atoms with Crippen molar-refractivity contribution in [3.8, 4) is 0 Å². The molecule has 0 aromatic rings. The highest BCUT2D eigenvalue weighted by Gasteiger charge is 2.41. The van der Waals surface area contributed by atoms with Gasteiger partial charge < -0.3 is 19.7 Å². The molecule has 0 aromatic carbocycles. The lowest BCUT2D eigenvalue weighted by Gasteiger charge is -2.39. The molecule has 1 N–H and O–H groups in total. The van der Waals surface area contributed by atoms with Crippen LogP contribution in [0.1, 0.15) is 19.8 Å². The number of hydrogen-bond acceptors (Lipinski definition) is 4. The van der Waals surface area contributed by atoms with Gasteiger partial charge in [-0.15, -0.1) is 24.0 Å². The minimum Gasteiger partial charge on any atom is -0.381 e. The number of rotatable bonds is 7. The number of hydrogen-bond donors (Lipinski definition) is 1. The van der Waals surface area contributed by atoms with Crippen LogP contribution in [-0.2, 0) is 9.47 Å². The minimum absolute atomic E-state index is 0. The van der Waals surface area contributed by atoms with Crippen LogP contribution in [-0.4, -0.2) is 94.2 Å². The Bertz CT molecular complexity index is 440. The SMILES string of the molecule is CN=C(NCCCOCC1CCOC1)N1CCN(C(C)C(F)(F)F)CC1.I. The Morgan fingerprint density at radius 1 is 1.30 bits per heavy atom. The summed E-state index contributed by atoms with van der Waals surface area (Å²) in [6.45, 7) is 6.85. The van der Waals surface area contributed by atoms with E-state index in [1.165, 1.54) is 11.8 Å². The Morgan fingerprint density at radius 2 is 2.00 bits per heavy atom. The lowest BCUT2D eigenvalue weighted by atomic mass is 10.1. The lowest BCUT2D eigenvalue weighted by molar-refractivity contribution is -0.181. The van der Waals surface area contributed by atoms with Crippen LogP contribution in [0.15, 0.2) is 4.99 Å². The van der Waals surface area contributed by atoms with E-state index >= 15 is 0 Å². The molecular formula is C17H32F3IN4O2. The van der Waals surface area contributed by atoms with Crippen LogP contribution in [0.25, 0.3) is 0 Å². The van der Waals surface area contributed by atoms with Gasteiger partial charge in [-0.25, -0.2) is 0 Å². The van der Waals surface area contributed by atoms with Gasteiger partial charge in [0.1, 0.15) is 6.04 Å². The third-order valence-corrected chi connectivity index (χ3v) is 4.97. The Kier molecular flexibility index (Phi) is 11.2. The molecule has 2 rings (SSSR count). The Labute approximate surface area is 176 Å². The summed E-state index contributed by atoms with van der Waals surface area (Å²) in [4.78, 5) is 7.73. The number of ether oxygens (including phenoxy) is 2. The second kappa shape index (κ2) is 12.3. The Hall–Kier alpha value is -0.330. The van der Waals surface area contributed by atoms with Gasteiger partial charge in [-0.3, -0.25) is 9.89 Å². The monoisotopic (exact) mass is 508 g/mol. The first kappa shape index (κ1) is 24.7. The first-order valence-electron chi connectivity index (χ1n) is 9.33. The molecule has 0 aliphatic carbocycles. The molecule has 0 amide bonds. The summed E-state index contributed by atoms with van der Waals surface area (Å²) in [6.07, 6.45) is -2.24. The largest absolute Gasteiger partial charge is 0.403 e. The average molecular weight is 508 g/mol. The van der Waals surface area contributed by atoms with Crippen molar-refractivity contribution in [3.63, 3.8) is 0 Å². The fourth-order valence-electron chi connectivity index (χ4n) is 3.20. The van der Waals surface area contributed by atoms with Crippen molar-refractivity contribution in [1.82, 2.24) is 15.1 Å². The molecule has 2 atom stereocenters. The maximum atomic E-state index is 12.8. The number of nitrogens with one attached hydrogen (secondary N) is 1. The molecule has 2 saturated heterocycles. The Balaban J connectivity index is 0.00000364. The van der Waals surface area contributed by atoms with Crippen LogP contribution in [0, 0.1) is 5.92 Å². The predicted octanol–water partition coefficient (Wildman–Crippen LogP) is 2.19.